The predicted molar refractivity (Wildman–Crippen MR) is 130 cm³/mol. The molecule has 0 unspecified atom stereocenters. The Morgan fingerprint density at radius 3 is 2.74 bits per heavy atom. The minimum atomic E-state index is -1.47. The quantitative estimate of drug-likeness (QED) is 0.187. The number of hydrogen-bond donors (Lipinski definition) is 5. The van der Waals surface area contributed by atoms with Gasteiger partial charge >= 0.3 is 6.09 Å². The number of carbonyl (C=O) groups excluding carboxylic acids is 1. The van der Waals surface area contributed by atoms with Gasteiger partial charge in [0.1, 0.15) is 5.82 Å². The molecule has 0 spiro atoms. The van der Waals surface area contributed by atoms with Crippen LogP contribution in [-0.2, 0) is 4.79 Å². The molecule has 2 aromatic rings. The number of guanidine groups is 1. The number of carboxylic acid groups (broad SMARTS) is 1. The highest BCUT2D eigenvalue weighted by molar-refractivity contribution is 9.10. The predicted octanol–water partition coefficient (Wildman–Crippen LogP) is 3.29. The van der Waals surface area contributed by atoms with Crippen LogP contribution in [0.4, 0.5) is 20.7 Å². The van der Waals surface area contributed by atoms with Crippen molar-refractivity contribution in [3.8, 4) is 0 Å². The molecular weight excluding hydrogens is 527 g/mol. The van der Waals surface area contributed by atoms with Crippen molar-refractivity contribution in [2.24, 2.45) is 16.6 Å². The molecule has 0 bridgehead atoms. The van der Waals surface area contributed by atoms with Gasteiger partial charge in [0, 0.05) is 19.0 Å². The largest absolute Gasteiger partial charge is 0.464 e. The fraction of sp³-hybridized carbons (Fsp3) is 0.429. The minimum Gasteiger partial charge on any atom is -0.464 e. The Hall–Kier alpha value is -3.55. The molecule has 12 nitrogen and oxygen atoms in total. The van der Waals surface area contributed by atoms with Crippen molar-refractivity contribution in [1.29, 1.82) is 5.41 Å². The van der Waals surface area contributed by atoms with Crippen LogP contribution in [0.25, 0.3) is 0 Å². The van der Waals surface area contributed by atoms with Gasteiger partial charge in [-0.1, -0.05) is 19.3 Å². The number of nitrogens with two attached hydrogens (primary N) is 1. The number of anilines is 2. The van der Waals surface area contributed by atoms with Crippen molar-refractivity contribution in [1.82, 2.24) is 15.6 Å². The Bertz CT molecular complexity index is 1100. The number of amidine groups is 1. The first kappa shape index (κ1) is 26.1. The number of hydrogen-bond acceptors (Lipinski definition) is 8. The Kier molecular flexibility index (Phi) is 9.11. The van der Waals surface area contributed by atoms with Gasteiger partial charge in [-0.2, -0.15) is 0 Å². The van der Waals surface area contributed by atoms with Gasteiger partial charge < -0.3 is 16.2 Å². The average Bonchev–Trinajstić information content (AvgIpc) is 3.30. The molecule has 0 atom stereocenters. The third-order valence-electron chi connectivity index (χ3n) is 5.43. The van der Waals surface area contributed by atoms with Crippen molar-refractivity contribution in [2.45, 2.75) is 38.5 Å². The van der Waals surface area contributed by atoms with Crippen LogP contribution in [0.15, 0.2) is 32.3 Å². The lowest BCUT2D eigenvalue weighted by Gasteiger charge is -2.20. The van der Waals surface area contributed by atoms with Crippen LogP contribution in [-0.4, -0.2) is 52.3 Å². The summed E-state index contributed by atoms with van der Waals surface area (Å²) in [4.78, 5) is 28.8. The van der Waals surface area contributed by atoms with Crippen LogP contribution in [0.2, 0.25) is 0 Å². The van der Waals surface area contributed by atoms with E-state index in [2.05, 4.69) is 46.5 Å². The highest BCUT2D eigenvalue weighted by Gasteiger charge is 2.27. The average molecular weight is 553 g/mol. The van der Waals surface area contributed by atoms with Gasteiger partial charge in [-0.3, -0.25) is 20.5 Å². The van der Waals surface area contributed by atoms with E-state index in [9.17, 15) is 19.1 Å². The topological polar surface area (TPSA) is 183 Å². The Morgan fingerprint density at radius 2 is 2.06 bits per heavy atom. The Balaban J connectivity index is 1.53. The summed E-state index contributed by atoms with van der Waals surface area (Å²) in [6.07, 6.45) is 4.00. The van der Waals surface area contributed by atoms with Crippen molar-refractivity contribution in [3.05, 3.63) is 34.2 Å². The zero-order chi connectivity index (χ0) is 25.4. The summed E-state index contributed by atoms with van der Waals surface area (Å²) in [6, 6.07) is 3.53. The summed E-state index contributed by atoms with van der Waals surface area (Å²) in [5.74, 6) is -1.11. The van der Waals surface area contributed by atoms with Crippen LogP contribution in [0, 0.1) is 17.1 Å². The lowest BCUT2D eigenvalue weighted by Crippen LogP contribution is -2.41. The molecule has 6 N–H and O–H groups in total. The molecule has 35 heavy (non-hydrogen) atoms. The normalized spacial score (nSPS) is 14.4. The summed E-state index contributed by atoms with van der Waals surface area (Å²) in [6.45, 7) is 0.643. The van der Waals surface area contributed by atoms with E-state index in [0.29, 0.717) is 24.4 Å². The monoisotopic (exact) mass is 552 g/mol. The molecule has 0 radical (unpaired) electrons. The first-order valence-corrected chi connectivity index (χ1v) is 11.8. The molecule has 1 heterocycles. The SMILES string of the molecule is N=C(c1nonc1NCCCN=C(N)NC(=O)C1CCCCC1)N(C(=O)O)c1ccc(F)c(Br)c1. The molecule has 188 valence electrons. The van der Waals surface area contributed by atoms with E-state index in [-0.39, 0.29) is 39.5 Å². The fourth-order valence-electron chi connectivity index (χ4n) is 3.64. The maximum atomic E-state index is 13.5. The fourth-order valence-corrected chi connectivity index (χ4v) is 4.01. The van der Waals surface area contributed by atoms with E-state index in [4.69, 9.17) is 11.1 Å². The van der Waals surface area contributed by atoms with Gasteiger partial charge in [0.25, 0.3) is 0 Å². The molecule has 1 aromatic heterocycles. The van der Waals surface area contributed by atoms with Gasteiger partial charge in [-0.15, -0.1) is 0 Å². The van der Waals surface area contributed by atoms with Crippen LogP contribution in [0.1, 0.15) is 44.2 Å². The summed E-state index contributed by atoms with van der Waals surface area (Å²) in [5.41, 5.74) is 5.69. The number of carbonyl (C=O) groups is 2. The summed E-state index contributed by atoms with van der Waals surface area (Å²) in [7, 11) is 0. The Labute approximate surface area is 208 Å². The molecule has 0 saturated heterocycles. The van der Waals surface area contributed by atoms with E-state index in [1.54, 1.807) is 0 Å². The van der Waals surface area contributed by atoms with Crippen molar-refractivity contribution < 1.29 is 23.7 Å². The second-order valence-corrected chi connectivity index (χ2v) is 8.75. The van der Waals surface area contributed by atoms with Gasteiger partial charge in [-0.25, -0.2) is 18.7 Å². The van der Waals surface area contributed by atoms with E-state index in [1.165, 1.54) is 12.1 Å². The van der Waals surface area contributed by atoms with E-state index in [1.807, 2.05) is 0 Å². The molecule has 1 aromatic carbocycles. The molecule has 1 aliphatic rings. The standard InChI is InChI=1S/C21H26BrFN8O4/c22-14-11-13(7-8-15(14)23)31(21(33)34)17(24)16-18(30-35-29-16)26-9-4-10-27-20(25)28-19(32)12-5-2-1-3-6-12/h7-8,11-12,24H,1-6,9-10H2,(H,26,30)(H,33,34)(H3,25,27,28,32). The first-order chi connectivity index (χ1) is 16.8. The molecular formula is C21H26BrFN8O4. The van der Waals surface area contributed by atoms with Gasteiger partial charge in [0.2, 0.25) is 11.7 Å². The number of nitrogens with one attached hydrogen (secondary N) is 3. The van der Waals surface area contributed by atoms with Gasteiger partial charge in [0.05, 0.1) is 10.2 Å². The van der Waals surface area contributed by atoms with E-state index in [0.717, 1.165) is 38.2 Å². The molecule has 3 rings (SSSR count). The second-order valence-electron chi connectivity index (χ2n) is 7.90. The summed E-state index contributed by atoms with van der Waals surface area (Å²) < 4.78 is 18.3. The molecule has 0 aliphatic heterocycles. The Morgan fingerprint density at radius 1 is 1.31 bits per heavy atom. The zero-order valence-corrected chi connectivity index (χ0v) is 20.3. The lowest BCUT2D eigenvalue weighted by molar-refractivity contribution is -0.124. The van der Waals surface area contributed by atoms with Crippen molar-refractivity contribution >= 4 is 51.2 Å². The number of nitrogens with zero attached hydrogens (tertiary/aromatic N) is 4. The summed E-state index contributed by atoms with van der Waals surface area (Å²) >= 11 is 3.00. The number of halogens is 2. The third-order valence-corrected chi connectivity index (χ3v) is 6.03. The van der Waals surface area contributed by atoms with Gasteiger partial charge in [0.15, 0.2) is 17.5 Å². The lowest BCUT2D eigenvalue weighted by atomic mass is 9.89. The number of amides is 2. The first-order valence-electron chi connectivity index (χ1n) is 11.0. The molecule has 2 amide bonds. The highest BCUT2D eigenvalue weighted by atomic mass is 79.9. The van der Waals surface area contributed by atoms with E-state index >= 15 is 0 Å². The van der Waals surface area contributed by atoms with Crippen molar-refractivity contribution in [3.63, 3.8) is 0 Å². The maximum absolute atomic E-state index is 13.5. The number of aromatic nitrogens is 2. The highest BCUT2D eigenvalue weighted by Crippen LogP contribution is 2.26. The molecule has 1 fully saturated rings. The van der Waals surface area contributed by atoms with E-state index < -0.39 is 17.7 Å². The van der Waals surface area contributed by atoms with Crippen LogP contribution >= 0.6 is 15.9 Å². The number of benzene rings is 1. The third kappa shape index (κ3) is 6.97. The van der Waals surface area contributed by atoms with Crippen LogP contribution < -0.4 is 21.3 Å². The molecule has 14 heteroatoms. The minimum absolute atomic E-state index is 0.0195. The number of aliphatic imine (C=N–C) groups is 1. The second kappa shape index (κ2) is 12.2. The van der Waals surface area contributed by atoms with Crippen LogP contribution in [0.3, 0.4) is 0 Å². The number of rotatable bonds is 8. The maximum Gasteiger partial charge on any atom is 0.417 e. The van der Waals surface area contributed by atoms with Gasteiger partial charge in [-0.05, 0) is 63.7 Å². The molecule has 1 aliphatic carbocycles. The van der Waals surface area contributed by atoms with Crippen molar-refractivity contribution in [2.75, 3.05) is 23.3 Å². The van der Waals surface area contributed by atoms with Crippen LogP contribution in [0.5, 0.6) is 0 Å². The molecule has 1 saturated carbocycles. The summed E-state index contributed by atoms with van der Waals surface area (Å²) in [5, 5.41) is 30.8. The smallest absolute Gasteiger partial charge is 0.417 e. The zero-order valence-electron chi connectivity index (χ0n) is 18.8.